The van der Waals surface area contributed by atoms with Crippen LogP contribution in [-0.2, 0) is 16.0 Å². The van der Waals surface area contributed by atoms with E-state index in [-0.39, 0.29) is 12.8 Å². The van der Waals surface area contributed by atoms with Crippen molar-refractivity contribution in [3.05, 3.63) is 53.1 Å². The molecule has 9 heteroatoms. The van der Waals surface area contributed by atoms with E-state index in [1.54, 1.807) is 36.4 Å². The molecular weight excluding hydrogens is 378 g/mol. The molecule has 2 rings (SSSR count). The highest BCUT2D eigenvalue weighted by Gasteiger charge is 2.25. The zero-order valence-corrected chi connectivity index (χ0v) is 16.1. The number of hydrogen-bond acceptors (Lipinski definition) is 7. The molecule has 154 valence electrons. The molecule has 0 saturated heterocycles. The van der Waals surface area contributed by atoms with E-state index in [4.69, 9.17) is 20.4 Å². The van der Waals surface area contributed by atoms with E-state index >= 15 is 0 Å². The van der Waals surface area contributed by atoms with Gasteiger partial charge in [0.25, 0.3) is 0 Å². The van der Waals surface area contributed by atoms with Gasteiger partial charge in [0, 0.05) is 12.1 Å². The van der Waals surface area contributed by atoms with Crippen LogP contribution in [0.15, 0.2) is 41.5 Å². The zero-order valence-electron chi connectivity index (χ0n) is 16.1. The van der Waals surface area contributed by atoms with Crippen LogP contribution in [0.25, 0.3) is 0 Å². The number of nitrogens with two attached hydrogens (primary N) is 1. The predicted molar refractivity (Wildman–Crippen MR) is 108 cm³/mol. The van der Waals surface area contributed by atoms with Crippen molar-refractivity contribution in [2.45, 2.75) is 18.9 Å². The lowest BCUT2D eigenvalue weighted by molar-refractivity contribution is -0.138. The Morgan fingerprint density at radius 2 is 1.76 bits per heavy atom. The molecule has 0 aromatic heterocycles. The Bertz CT molecular complexity index is 896. The van der Waals surface area contributed by atoms with E-state index in [2.05, 4.69) is 10.4 Å². The lowest BCUT2D eigenvalue weighted by atomic mass is 9.95. The van der Waals surface area contributed by atoms with Crippen molar-refractivity contribution in [2.75, 3.05) is 19.5 Å². The van der Waals surface area contributed by atoms with Gasteiger partial charge in [0.15, 0.2) is 17.5 Å². The maximum Gasteiger partial charge on any atom is 0.330 e. The molecule has 0 heterocycles. The molecule has 0 amide bonds. The van der Waals surface area contributed by atoms with Crippen molar-refractivity contribution < 1.29 is 29.3 Å². The van der Waals surface area contributed by atoms with Crippen molar-refractivity contribution in [1.82, 2.24) is 0 Å². The van der Waals surface area contributed by atoms with E-state index in [1.807, 2.05) is 0 Å². The lowest BCUT2D eigenvalue weighted by Crippen LogP contribution is -2.22. The number of nitrogens with one attached hydrogen (secondary N) is 1. The molecular formula is C20H23N3O6. The fourth-order valence-corrected chi connectivity index (χ4v) is 2.85. The summed E-state index contributed by atoms with van der Waals surface area (Å²) in [6.45, 7) is 0. The molecule has 0 bridgehead atoms. The minimum Gasteiger partial charge on any atom is -0.493 e. The van der Waals surface area contributed by atoms with E-state index < -0.39 is 18.0 Å². The summed E-state index contributed by atoms with van der Waals surface area (Å²) in [6.07, 6.45) is 1.46. The summed E-state index contributed by atoms with van der Waals surface area (Å²) in [5.74, 6) is 3.76. The Balaban J connectivity index is 2.46. The van der Waals surface area contributed by atoms with Crippen LogP contribution in [0, 0.1) is 0 Å². The number of ether oxygens (including phenoxy) is 2. The third-order valence-electron chi connectivity index (χ3n) is 4.26. The fraction of sp³-hybridized carbons (Fsp3) is 0.250. The summed E-state index contributed by atoms with van der Waals surface area (Å²) >= 11 is 0. The largest absolute Gasteiger partial charge is 0.493 e. The topological polar surface area (TPSA) is 143 Å². The number of benzene rings is 2. The second kappa shape index (κ2) is 9.98. The quantitative estimate of drug-likeness (QED) is 0.270. The predicted octanol–water partition coefficient (Wildman–Crippen LogP) is 2.25. The third-order valence-corrected chi connectivity index (χ3v) is 4.26. The van der Waals surface area contributed by atoms with Crippen molar-refractivity contribution >= 4 is 23.8 Å². The number of hydrogen-bond donors (Lipinski definition) is 4. The molecule has 0 saturated carbocycles. The SMILES string of the molecule is COc1cc(CCC(=O)O)c(C(Nc2ccc(C=NN)cc2)C(=O)O)cc1OC. The summed E-state index contributed by atoms with van der Waals surface area (Å²) in [4.78, 5) is 23.1. The smallest absolute Gasteiger partial charge is 0.330 e. The summed E-state index contributed by atoms with van der Waals surface area (Å²) in [6, 6.07) is 8.89. The minimum atomic E-state index is -1.13. The molecule has 2 aromatic rings. The highest BCUT2D eigenvalue weighted by molar-refractivity contribution is 5.82. The van der Waals surface area contributed by atoms with Crippen LogP contribution in [0.3, 0.4) is 0 Å². The zero-order chi connectivity index (χ0) is 21.4. The van der Waals surface area contributed by atoms with Crippen molar-refractivity contribution in [3.8, 4) is 11.5 Å². The lowest BCUT2D eigenvalue weighted by Gasteiger charge is -2.21. The molecule has 0 spiro atoms. The number of aryl methyl sites for hydroxylation is 1. The van der Waals surface area contributed by atoms with E-state index in [9.17, 15) is 14.7 Å². The molecule has 29 heavy (non-hydrogen) atoms. The first-order valence-corrected chi connectivity index (χ1v) is 8.68. The Morgan fingerprint density at radius 3 is 2.28 bits per heavy atom. The van der Waals surface area contributed by atoms with Crippen molar-refractivity contribution in [1.29, 1.82) is 0 Å². The second-order valence-electron chi connectivity index (χ2n) is 6.12. The molecule has 0 aliphatic rings. The number of nitrogens with zero attached hydrogens (tertiary/aromatic N) is 1. The van der Waals surface area contributed by atoms with Gasteiger partial charge in [0.2, 0.25) is 0 Å². The summed E-state index contributed by atoms with van der Waals surface area (Å²) in [7, 11) is 2.90. The van der Waals surface area contributed by atoms with Gasteiger partial charge in [-0.05, 0) is 47.4 Å². The first-order valence-electron chi connectivity index (χ1n) is 8.68. The number of methoxy groups -OCH3 is 2. The standard InChI is InChI=1S/C20H23N3O6/c1-28-16-9-13(5-8-18(24)25)15(10-17(16)29-2)19(20(26)27)23-14-6-3-12(4-7-14)11-22-21/h3-4,6-7,9-11,19,23H,5,8,21H2,1-2H3,(H,24,25)(H,26,27). The van der Waals surface area contributed by atoms with Gasteiger partial charge in [-0.1, -0.05) is 12.1 Å². The Kier molecular flexibility index (Phi) is 7.41. The maximum atomic E-state index is 12.0. The number of carbonyl (C=O) groups is 2. The molecule has 0 aliphatic carbocycles. The van der Waals surface area contributed by atoms with Gasteiger partial charge >= 0.3 is 11.9 Å². The molecule has 5 N–H and O–H groups in total. The van der Waals surface area contributed by atoms with E-state index in [0.717, 1.165) is 5.56 Å². The van der Waals surface area contributed by atoms with Crippen LogP contribution in [0.2, 0.25) is 0 Å². The number of carboxylic acid groups (broad SMARTS) is 2. The van der Waals surface area contributed by atoms with Crippen molar-refractivity contribution in [3.63, 3.8) is 0 Å². The molecule has 0 fully saturated rings. The van der Waals surface area contributed by atoms with Crippen LogP contribution < -0.4 is 20.6 Å². The summed E-state index contributed by atoms with van der Waals surface area (Å²) in [5.41, 5.74) is 2.25. The van der Waals surface area contributed by atoms with Gasteiger partial charge in [-0.15, -0.1) is 0 Å². The highest BCUT2D eigenvalue weighted by Crippen LogP contribution is 2.35. The third kappa shape index (κ3) is 5.61. The van der Waals surface area contributed by atoms with Gasteiger partial charge in [-0.25, -0.2) is 4.79 Å². The second-order valence-corrected chi connectivity index (χ2v) is 6.12. The monoisotopic (exact) mass is 401 g/mol. The number of hydrazone groups is 1. The van der Waals surface area contributed by atoms with E-state index in [1.165, 1.54) is 20.4 Å². The molecule has 2 aromatic carbocycles. The summed E-state index contributed by atoms with van der Waals surface area (Å²) in [5, 5.41) is 25.3. The van der Waals surface area contributed by atoms with Crippen molar-refractivity contribution in [2.24, 2.45) is 10.9 Å². The molecule has 0 aliphatic heterocycles. The Hall–Kier alpha value is -3.75. The van der Waals surface area contributed by atoms with Gasteiger partial charge in [-0.2, -0.15) is 5.10 Å². The average Bonchev–Trinajstić information content (AvgIpc) is 2.71. The average molecular weight is 401 g/mol. The van der Waals surface area contributed by atoms with Crippen LogP contribution in [0.1, 0.15) is 29.2 Å². The van der Waals surface area contributed by atoms with Crippen LogP contribution in [-0.4, -0.2) is 42.6 Å². The highest BCUT2D eigenvalue weighted by atomic mass is 16.5. The van der Waals surface area contributed by atoms with Crippen LogP contribution >= 0.6 is 0 Å². The van der Waals surface area contributed by atoms with Gasteiger partial charge in [-0.3, -0.25) is 4.79 Å². The van der Waals surface area contributed by atoms with Crippen LogP contribution in [0.5, 0.6) is 11.5 Å². The maximum absolute atomic E-state index is 12.0. The normalized spacial score (nSPS) is 11.8. The van der Waals surface area contributed by atoms with Gasteiger partial charge < -0.3 is 30.8 Å². The van der Waals surface area contributed by atoms with Crippen LogP contribution in [0.4, 0.5) is 5.69 Å². The molecule has 1 unspecified atom stereocenters. The van der Waals surface area contributed by atoms with Gasteiger partial charge in [0.05, 0.1) is 20.4 Å². The fourth-order valence-electron chi connectivity index (χ4n) is 2.85. The number of carboxylic acids is 2. The molecule has 0 radical (unpaired) electrons. The first kappa shape index (κ1) is 21.5. The Morgan fingerprint density at radius 1 is 1.14 bits per heavy atom. The van der Waals surface area contributed by atoms with E-state index in [0.29, 0.717) is 28.3 Å². The van der Waals surface area contributed by atoms with Gasteiger partial charge in [0.1, 0.15) is 0 Å². The molecule has 1 atom stereocenters. The first-order chi connectivity index (χ1) is 13.9. The number of aliphatic carboxylic acids is 2. The number of anilines is 1. The molecule has 9 nitrogen and oxygen atoms in total. The number of rotatable bonds is 10. The minimum absolute atomic E-state index is 0.141. The Labute approximate surface area is 167 Å². The summed E-state index contributed by atoms with van der Waals surface area (Å²) < 4.78 is 10.6.